The van der Waals surface area contributed by atoms with E-state index < -0.39 is 27.8 Å². The van der Waals surface area contributed by atoms with Gasteiger partial charge in [0.05, 0.1) is 15.5 Å². The Morgan fingerprint density at radius 2 is 1.86 bits per heavy atom. The van der Waals surface area contributed by atoms with E-state index in [1.54, 1.807) is 27.3 Å². The summed E-state index contributed by atoms with van der Waals surface area (Å²) in [6, 6.07) is 7.73. The van der Waals surface area contributed by atoms with Crippen LogP contribution < -0.4 is 14.5 Å². The second-order valence-corrected chi connectivity index (χ2v) is 11.1. The van der Waals surface area contributed by atoms with Crippen LogP contribution in [0.2, 0.25) is 5.02 Å². The van der Waals surface area contributed by atoms with Crippen LogP contribution in [-0.2, 0) is 27.4 Å². The van der Waals surface area contributed by atoms with Gasteiger partial charge in [-0.25, -0.2) is 13.4 Å². The summed E-state index contributed by atoms with van der Waals surface area (Å²) in [5, 5.41) is 1.58. The van der Waals surface area contributed by atoms with E-state index >= 15 is 0 Å². The van der Waals surface area contributed by atoms with Gasteiger partial charge in [-0.05, 0) is 54.8 Å². The van der Waals surface area contributed by atoms with Gasteiger partial charge in [-0.1, -0.05) is 11.6 Å². The van der Waals surface area contributed by atoms with E-state index in [0.717, 1.165) is 17.4 Å². The Morgan fingerprint density at radius 1 is 1.11 bits per heavy atom. The highest BCUT2D eigenvalue weighted by Gasteiger charge is 2.41. The Kier molecular flexibility index (Phi) is 5.93. The molecule has 1 atom stereocenters. The summed E-state index contributed by atoms with van der Waals surface area (Å²) >= 11 is 7.22. The molecule has 0 radical (unpaired) electrons. The number of hydrogen-bond acceptors (Lipinski definition) is 6. The zero-order chi connectivity index (χ0) is 25.0. The third kappa shape index (κ3) is 4.34. The zero-order valence-electron chi connectivity index (χ0n) is 17.9. The fourth-order valence-corrected chi connectivity index (χ4v) is 6.63. The van der Waals surface area contributed by atoms with Gasteiger partial charge in [0.25, 0.3) is 10.0 Å². The summed E-state index contributed by atoms with van der Waals surface area (Å²) in [6.45, 7) is 0.785. The number of nitrogens with one attached hydrogen (secondary N) is 1. The number of rotatable bonds is 5. The lowest BCUT2D eigenvalue weighted by Crippen LogP contribution is -2.41. The van der Waals surface area contributed by atoms with Crippen LogP contribution in [0, 0.1) is 0 Å². The number of amides is 1. The normalized spacial score (nSPS) is 18.3. The van der Waals surface area contributed by atoms with Crippen molar-refractivity contribution in [2.45, 2.75) is 30.0 Å². The van der Waals surface area contributed by atoms with Crippen LogP contribution in [0.3, 0.4) is 0 Å². The average molecular weight is 543 g/mol. The molecule has 2 aromatic carbocycles. The molecule has 2 aliphatic heterocycles. The quantitative estimate of drug-likeness (QED) is 0.501. The average Bonchev–Trinajstić information content (AvgIpc) is 3.53. The highest BCUT2D eigenvalue weighted by molar-refractivity contribution is 7.93. The third-order valence-corrected chi connectivity index (χ3v) is 8.71. The van der Waals surface area contributed by atoms with E-state index in [2.05, 4.69) is 9.71 Å². The number of thiazole rings is 1. The fourth-order valence-electron chi connectivity index (χ4n) is 4.48. The van der Waals surface area contributed by atoms with Crippen LogP contribution in [0.5, 0.6) is 0 Å². The zero-order valence-corrected chi connectivity index (χ0v) is 20.3. The highest BCUT2D eigenvalue weighted by Crippen LogP contribution is 2.43. The maximum Gasteiger partial charge on any atom is 0.417 e. The number of nitrogens with zero attached hydrogens (tertiary/aromatic N) is 3. The second-order valence-electron chi connectivity index (χ2n) is 8.10. The van der Waals surface area contributed by atoms with Crippen molar-refractivity contribution in [2.24, 2.45) is 0 Å². The number of benzene rings is 2. The van der Waals surface area contributed by atoms with Gasteiger partial charge in [-0.3, -0.25) is 9.52 Å². The Labute approximate surface area is 208 Å². The number of hydrogen-bond donors (Lipinski definition) is 1. The van der Waals surface area contributed by atoms with Crippen molar-refractivity contribution in [1.29, 1.82) is 0 Å². The molecular formula is C22H18ClF3N4O3S2. The molecule has 0 bridgehead atoms. The molecular weight excluding hydrogens is 525 g/mol. The van der Waals surface area contributed by atoms with Gasteiger partial charge in [0.1, 0.15) is 6.04 Å². The smallest absolute Gasteiger partial charge is 0.359 e. The lowest BCUT2D eigenvalue weighted by molar-refractivity contribution is -0.137. The van der Waals surface area contributed by atoms with Crippen molar-refractivity contribution in [2.75, 3.05) is 27.6 Å². The summed E-state index contributed by atoms with van der Waals surface area (Å²) in [7, 11) is -3.82. The van der Waals surface area contributed by atoms with Crippen LogP contribution >= 0.6 is 22.9 Å². The van der Waals surface area contributed by atoms with Crippen LogP contribution in [-0.4, -0.2) is 38.4 Å². The number of alkyl halides is 3. The summed E-state index contributed by atoms with van der Waals surface area (Å²) in [5.74, 6) is -0.203. The van der Waals surface area contributed by atoms with Gasteiger partial charge < -0.3 is 9.80 Å². The lowest BCUT2D eigenvalue weighted by atomic mass is 10.1. The van der Waals surface area contributed by atoms with Crippen molar-refractivity contribution in [3.8, 4) is 0 Å². The van der Waals surface area contributed by atoms with E-state index in [1.165, 1.54) is 24.4 Å². The molecule has 13 heteroatoms. The van der Waals surface area contributed by atoms with Crippen molar-refractivity contribution >= 4 is 55.4 Å². The van der Waals surface area contributed by atoms with E-state index in [9.17, 15) is 26.4 Å². The molecule has 3 heterocycles. The van der Waals surface area contributed by atoms with Crippen molar-refractivity contribution in [3.63, 3.8) is 0 Å². The molecule has 1 fully saturated rings. The topological polar surface area (TPSA) is 82.6 Å². The molecule has 1 saturated heterocycles. The molecule has 7 nitrogen and oxygen atoms in total. The first-order chi connectivity index (χ1) is 16.6. The molecule has 1 amide bonds. The molecule has 2 aliphatic rings. The molecule has 35 heavy (non-hydrogen) atoms. The van der Waals surface area contributed by atoms with Gasteiger partial charge in [-0.2, -0.15) is 13.2 Å². The van der Waals surface area contributed by atoms with Crippen LogP contribution in [0.1, 0.15) is 17.5 Å². The summed E-state index contributed by atoms with van der Waals surface area (Å²) in [6.07, 6.45) is -2.26. The Bertz CT molecular complexity index is 1380. The fraction of sp³-hybridized carbons (Fsp3) is 0.273. The molecule has 1 N–H and O–H groups in total. The van der Waals surface area contributed by atoms with Crippen molar-refractivity contribution in [1.82, 2.24) is 4.98 Å². The minimum Gasteiger partial charge on any atom is -0.359 e. The molecule has 5 rings (SSSR count). The van der Waals surface area contributed by atoms with Crippen molar-refractivity contribution < 1.29 is 26.4 Å². The minimum atomic E-state index is -4.55. The largest absolute Gasteiger partial charge is 0.417 e. The second kappa shape index (κ2) is 8.68. The molecule has 0 unspecified atom stereocenters. The SMILES string of the molecule is O=C1[C@H](N2CCc3c2ccc(C(F)(F)F)c3Cl)CCN1c1ccc(S(=O)(=O)Nc2nccs2)cc1. The first kappa shape index (κ1) is 23.9. The first-order valence-electron chi connectivity index (χ1n) is 10.6. The number of anilines is 3. The molecule has 184 valence electrons. The van der Waals surface area contributed by atoms with Gasteiger partial charge >= 0.3 is 6.18 Å². The van der Waals surface area contributed by atoms with E-state index in [4.69, 9.17) is 11.6 Å². The Hall–Kier alpha value is -2.83. The predicted octanol–water partition coefficient (Wildman–Crippen LogP) is 4.78. The summed E-state index contributed by atoms with van der Waals surface area (Å²) in [5.41, 5.74) is 0.599. The maximum atomic E-state index is 13.2. The van der Waals surface area contributed by atoms with Crippen LogP contribution in [0.4, 0.5) is 29.7 Å². The highest BCUT2D eigenvalue weighted by atomic mass is 35.5. The summed E-state index contributed by atoms with van der Waals surface area (Å²) < 4.78 is 67.1. The number of fused-ring (bicyclic) bond motifs is 1. The van der Waals surface area contributed by atoms with E-state index in [1.807, 2.05) is 0 Å². The monoisotopic (exact) mass is 542 g/mol. The number of carbonyl (C=O) groups is 1. The molecule has 3 aromatic rings. The number of carbonyl (C=O) groups excluding carboxylic acids is 1. The van der Waals surface area contributed by atoms with E-state index in [-0.39, 0.29) is 21.0 Å². The molecule has 0 saturated carbocycles. The first-order valence-corrected chi connectivity index (χ1v) is 13.3. The lowest BCUT2D eigenvalue weighted by Gasteiger charge is -2.26. The van der Waals surface area contributed by atoms with Gasteiger partial charge in [0.15, 0.2) is 5.13 Å². The minimum absolute atomic E-state index is 0.0308. The number of aromatic nitrogens is 1. The van der Waals surface area contributed by atoms with Gasteiger partial charge in [0, 0.05) is 36.0 Å². The molecule has 0 spiro atoms. The predicted molar refractivity (Wildman–Crippen MR) is 128 cm³/mol. The van der Waals surface area contributed by atoms with E-state index in [0.29, 0.717) is 42.9 Å². The Balaban J connectivity index is 1.33. The molecule has 0 aliphatic carbocycles. The van der Waals surface area contributed by atoms with Gasteiger partial charge in [0.2, 0.25) is 5.91 Å². The van der Waals surface area contributed by atoms with Crippen molar-refractivity contribution in [3.05, 3.63) is 64.1 Å². The number of sulfonamides is 1. The third-order valence-electron chi connectivity index (χ3n) is 6.10. The van der Waals surface area contributed by atoms with Gasteiger partial charge in [-0.15, -0.1) is 11.3 Å². The maximum absolute atomic E-state index is 13.2. The standard InChI is InChI=1S/C22H18ClF3N4O3S2/c23-19-15-7-10-30(17(15)6-5-16(19)22(24,25)26)18-8-11-29(20(18)31)13-1-3-14(4-2-13)35(32,33)28-21-27-9-12-34-21/h1-6,9,12,18H,7-8,10-11H2,(H,27,28)/t18-/m1/s1. The van der Waals surface area contributed by atoms with Crippen LogP contribution in [0.25, 0.3) is 0 Å². The summed E-state index contributed by atoms with van der Waals surface area (Å²) in [4.78, 5) is 20.5. The Morgan fingerprint density at radius 3 is 2.51 bits per heavy atom. The molecule has 1 aromatic heterocycles. The van der Waals surface area contributed by atoms with Crippen LogP contribution in [0.15, 0.2) is 52.9 Å². The number of halogens is 4.